The first-order chi connectivity index (χ1) is 18.7. The molecule has 0 spiro atoms. The number of rotatable bonds is 13. The number of benzene rings is 2. The van der Waals surface area contributed by atoms with Crippen molar-refractivity contribution in [2.75, 3.05) is 40.4 Å². The molecule has 1 aliphatic heterocycles. The molecule has 2 amide bonds. The third kappa shape index (κ3) is 9.12. The van der Waals surface area contributed by atoms with Gasteiger partial charge < -0.3 is 30.1 Å². The van der Waals surface area contributed by atoms with Gasteiger partial charge in [-0.1, -0.05) is 36.4 Å². The van der Waals surface area contributed by atoms with Gasteiger partial charge in [-0.3, -0.25) is 0 Å². The van der Waals surface area contributed by atoms with Crippen LogP contribution < -0.4 is 15.4 Å². The van der Waals surface area contributed by atoms with Crippen LogP contribution in [0.5, 0.6) is 11.5 Å². The molecule has 1 heterocycles. The molecular weight excluding hydrogens is 511 g/mol. The van der Waals surface area contributed by atoms with Crippen LogP contribution >= 0.6 is 0 Å². The number of hydrogen-bond acceptors (Lipinski definition) is 5. The number of nitrogens with one attached hydrogen (secondary N) is 2. The van der Waals surface area contributed by atoms with Crippen LogP contribution in [0.25, 0.3) is 0 Å². The number of piperidine rings is 1. The second kappa shape index (κ2) is 14.5. The lowest BCUT2D eigenvalue weighted by molar-refractivity contribution is -0.139. The van der Waals surface area contributed by atoms with Gasteiger partial charge in [0, 0.05) is 44.8 Å². The molecule has 0 radical (unpaired) electrons. The van der Waals surface area contributed by atoms with Gasteiger partial charge in [-0.15, -0.1) is 0 Å². The summed E-state index contributed by atoms with van der Waals surface area (Å²) in [7, 11) is 3.18. The lowest BCUT2D eigenvalue weighted by atomic mass is 9.73. The standard InChI is InChI=1S/C29H40F3N3O4/c1-33-20-23(19-29(30,31)32)34-27(36)35-17-10-11-22(21-35)28(37,16-8-9-18-38-2)25-14-6-7-15-26(25)39-24-12-4-3-5-13-24/h3-7,12-15,22-23,33,37H,8-11,16-21H2,1-2H3,(H,34,36)/t22-,23+,28+/m1/s1. The molecule has 3 N–H and O–H groups in total. The fourth-order valence-electron chi connectivity index (χ4n) is 5.25. The molecule has 0 unspecified atom stereocenters. The molecule has 7 nitrogen and oxygen atoms in total. The van der Waals surface area contributed by atoms with Crippen LogP contribution in [-0.2, 0) is 10.3 Å². The normalized spacial score (nSPS) is 18.3. The predicted molar refractivity (Wildman–Crippen MR) is 144 cm³/mol. The first kappa shape index (κ1) is 30.7. The number of carbonyl (C=O) groups excluding carboxylic acids is 1. The number of urea groups is 1. The molecule has 0 saturated carbocycles. The van der Waals surface area contributed by atoms with Crippen molar-refractivity contribution in [3.8, 4) is 11.5 Å². The van der Waals surface area contributed by atoms with Gasteiger partial charge in [0.1, 0.15) is 11.5 Å². The summed E-state index contributed by atoms with van der Waals surface area (Å²) in [5.74, 6) is 0.820. The van der Waals surface area contributed by atoms with E-state index < -0.39 is 30.3 Å². The fraction of sp³-hybridized carbons (Fsp3) is 0.552. The van der Waals surface area contributed by atoms with Crippen molar-refractivity contribution in [3.05, 3.63) is 60.2 Å². The summed E-state index contributed by atoms with van der Waals surface area (Å²) in [6.45, 7) is 1.17. The number of methoxy groups -OCH3 is 1. The van der Waals surface area contributed by atoms with E-state index in [2.05, 4.69) is 10.6 Å². The van der Waals surface area contributed by atoms with Crippen LogP contribution in [0.15, 0.2) is 54.6 Å². The molecule has 0 bridgehead atoms. The van der Waals surface area contributed by atoms with Gasteiger partial charge in [0.25, 0.3) is 0 Å². The average Bonchev–Trinajstić information content (AvgIpc) is 2.91. The number of carbonyl (C=O) groups is 1. The van der Waals surface area contributed by atoms with E-state index >= 15 is 0 Å². The zero-order chi connectivity index (χ0) is 28.3. The minimum atomic E-state index is -4.40. The second-order valence-electron chi connectivity index (χ2n) is 10.1. The van der Waals surface area contributed by atoms with Crippen molar-refractivity contribution in [1.29, 1.82) is 0 Å². The molecule has 1 fully saturated rings. The predicted octanol–water partition coefficient (Wildman–Crippen LogP) is 5.45. The number of halogens is 3. The average molecular weight is 552 g/mol. The number of amides is 2. The molecule has 216 valence electrons. The molecule has 39 heavy (non-hydrogen) atoms. The fourth-order valence-corrected chi connectivity index (χ4v) is 5.25. The second-order valence-corrected chi connectivity index (χ2v) is 10.1. The largest absolute Gasteiger partial charge is 0.457 e. The van der Waals surface area contributed by atoms with E-state index in [9.17, 15) is 23.1 Å². The number of nitrogens with zero attached hydrogens (tertiary/aromatic N) is 1. The molecule has 3 rings (SSSR count). The highest BCUT2D eigenvalue weighted by molar-refractivity contribution is 5.74. The van der Waals surface area contributed by atoms with Crippen molar-refractivity contribution in [2.45, 2.75) is 56.3 Å². The van der Waals surface area contributed by atoms with Crippen LogP contribution in [0.4, 0.5) is 18.0 Å². The van der Waals surface area contributed by atoms with Crippen molar-refractivity contribution >= 4 is 6.03 Å². The molecule has 3 atom stereocenters. The summed E-state index contributed by atoms with van der Waals surface area (Å²) in [6, 6.07) is 15.0. The van der Waals surface area contributed by atoms with Crippen LogP contribution in [0.2, 0.25) is 0 Å². The van der Waals surface area contributed by atoms with Crippen molar-refractivity contribution in [3.63, 3.8) is 0 Å². The topological polar surface area (TPSA) is 83.1 Å². The number of para-hydroxylation sites is 2. The number of hydrogen-bond donors (Lipinski definition) is 3. The van der Waals surface area contributed by atoms with Gasteiger partial charge in [-0.25, -0.2) is 4.79 Å². The Labute approximate surface area is 228 Å². The minimum absolute atomic E-state index is 0.00381. The Morgan fingerprint density at radius 1 is 1.13 bits per heavy atom. The van der Waals surface area contributed by atoms with Crippen molar-refractivity contribution in [1.82, 2.24) is 15.5 Å². The van der Waals surface area contributed by atoms with E-state index in [1.54, 1.807) is 14.2 Å². The zero-order valence-electron chi connectivity index (χ0n) is 22.7. The molecule has 0 aromatic heterocycles. The SMILES string of the molecule is CNC[C@H](CC(F)(F)F)NC(=O)N1CCC[C@@H]([C@@](O)(CCCCOC)c2ccccc2Oc2ccccc2)C1. The Hall–Kier alpha value is -2.82. The minimum Gasteiger partial charge on any atom is -0.457 e. The molecular formula is C29H40F3N3O4. The third-order valence-corrected chi connectivity index (χ3v) is 7.12. The van der Waals surface area contributed by atoms with Gasteiger partial charge in [0.05, 0.1) is 18.1 Å². The van der Waals surface area contributed by atoms with E-state index in [1.165, 1.54) is 4.90 Å². The smallest absolute Gasteiger partial charge is 0.391 e. The maximum atomic E-state index is 13.1. The first-order valence-electron chi connectivity index (χ1n) is 13.5. The summed E-state index contributed by atoms with van der Waals surface area (Å²) in [5, 5.41) is 17.6. The van der Waals surface area contributed by atoms with Crippen molar-refractivity contribution < 1.29 is 32.5 Å². The van der Waals surface area contributed by atoms with E-state index in [0.717, 1.165) is 6.42 Å². The maximum absolute atomic E-state index is 13.1. The number of alkyl halides is 3. The molecule has 0 aliphatic carbocycles. The molecule has 1 saturated heterocycles. The van der Waals surface area contributed by atoms with Crippen molar-refractivity contribution in [2.24, 2.45) is 5.92 Å². The first-order valence-corrected chi connectivity index (χ1v) is 13.5. The van der Waals surface area contributed by atoms with Gasteiger partial charge in [-0.2, -0.15) is 13.2 Å². The Bertz CT molecular complexity index is 1020. The summed E-state index contributed by atoms with van der Waals surface area (Å²) in [5.41, 5.74) is -0.697. The highest BCUT2D eigenvalue weighted by Gasteiger charge is 2.43. The summed E-state index contributed by atoms with van der Waals surface area (Å²) in [6.07, 6.45) is -2.39. The zero-order valence-corrected chi connectivity index (χ0v) is 22.7. The quantitative estimate of drug-likeness (QED) is 0.289. The monoisotopic (exact) mass is 551 g/mol. The Morgan fingerprint density at radius 3 is 2.54 bits per heavy atom. The van der Waals surface area contributed by atoms with E-state index in [1.807, 2.05) is 54.6 Å². The Morgan fingerprint density at radius 2 is 1.85 bits per heavy atom. The molecule has 2 aromatic carbocycles. The molecule has 10 heteroatoms. The Balaban J connectivity index is 1.84. The van der Waals surface area contributed by atoms with Gasteiger partial charge >= 0.3 is 12.2 Å². The van der Waals surface area contributed by atoms with E-state index in [-0.39, 0.29) is 19.0 Å². The summed E-state index contributed by atoms with van der Waals surface area (Å²) < 4.78 is 50.5. The highest BCUT2D eigenvalue weighted by atomic mass is 19.4. The van der Waals surface area contributed by atoms with E-state index in [0.29, 0.717) is 55.9 Å². The number of likely N-dealkylation sites (N-methyl/N-ethyl adjacent to an activating group) is 1. The van der Waals surface area contributed by atoms with Gasteiger partial charge in [0.2, 0.25) is 0 Å². The number of likely N-dealkylation sites (tertiary alicyclic amines) is 1. The van der Waals surface area contributed by atoms with Crippen LogP contribution in [0.1, 0.15) is 44.1 Å². The molecule has 1 aliphatic rings. The number of ether oxygens (including phenoxy) is 2. The van der Waals surface area contributed by atoms with Gasteiger partial charge in [-0.05, 0) is 57.4 Å². The number of aliphatic hydroxyl groups is 1. The summed E-state index contributed by atoms with van der Waals surface area (Å²) in [4.78, 5) is 14.6. The lowest BCUT2D eigenvalue weighted by Crippen LogP contribution is -2.54. The summed E-state index contributed by atoms with van der Waals surface area (Å²) >= 11 is 0. The maximum Gasteiger partial charge on any atom is 0.391 e. The van der Waals surface area contributed by atoms with Gasteiger partial charge in [0.15, 0.2) is 0 Å². The number of unbranched alkanes of at least 4 members (excludes halogenated alkanes) is 1. The van der Waals surface area contributed by atoms with Crippen LogP contribution in [0.3, 0.4) is 0 Å². The highest BCUT2D eigenvalue weighted by Crippen LogP contribution is 2.44. The van der Waals surface area contributed by atoms with Crippen LogP contribution in [0, 0.1) is 5.92 Å². The lowest BCUT2D eigenvalue weighted by Gasteiger charge is -2.43. The molecule has 2 aromatic rings. The van der Waals surface area contributed by atoms with E-state index in [4.69, 9.17) is 9.47 Å². The third-order valence-electron chi connectivity index (χ3n) is 7.12. The Kier molecular flexibility index (Phi) is 11.4. The van der Waals surface area contributed by atoms with Crippen LogP contribution in [-0.4, -0.2) is 68.7 Å².